The number of ketones is 1. The molecular weight excluding hydrogens is 334 g/mol. The molecule has 0 saturated carbocycles. The van der Waals surface area contributed by atoms with Gasteiger partial charge in [-0.1, -0.05) is 12.1 Å². The lowest BCUT2D eigenvalue weighted by Crippen LogP contribution is -2.34. The average molecular weight is 353 g/mol. The molecule has 1 aliphatic rings. The molecule has 0 fully saturated rings. The minimum Gasteiger partial charge on any atom is -0.478 e. The molecule has 6 heteroatoms. The highest BCUT2D eigenvalue weighted by atomic mass is 16.4. The Morgan fingerprint density at radius 3 is 2.50 bits per heavy atom. The average Bonchev–Trinajstić information content (AvgIpc) is 2.52. The van der Waals surface area contributed by atoms with Crippen LogP contribution in [0.3, 0.4) is 0 Å². The number of carbonyl (C=O) groups is 2. The number of hydrogen-bond donors (Lipinski definition) is 1. The standard InChI is InChI=1S/C20H19NO5/c1-9-8-15(23)13-6-5-7-14(19(13)26-9)18-16(12(4)22)10(2)21-11(3)17(18)20(24)25/h5-8,16,18H,1-4H3,(H,24,25)/t16?,18-/m1/s1. The smallest absolute Gasteiger partial charge is 0.334 e. The second-order valence-electron chi connectivity index (χ2n) is 6.57. The van der Waals surface area contributed by atoms with Gasteiger partial charge in [-0.05, 0) is 33.8 Å². The van der Waals surface area contributed by atoms with Gasteiger partial charge in [0, 0.05) is 29.0 Å². The SMILES string of the molecule is CC(=O)C1C(C)=NC(C)=C(C(=O)O)[C@@H]1c1cccc2c(=O)cc(C)oc12. The van der Waals surface area contributed by atoms with Gasteiger partial charge in [0.25, 0.3) is 0 Å². The van der Waals surface area contributed by atoms with Crippen molar-refractivity contribution in [2.45, 2.75) is 33.6 Å². The summed E-state index contributed by atoms with van der Waals surface area (Å²) in [7, 11) is 0. The van der Waals surface area contributed by atoms with Gasteiger partial charge in [0.05, 0.1) is 16.9 Å². The molecule has 0 amide bonds. The number of carboxylic acid groups (broad SMARTS) is 1. The van der Waals surface area contributed by atoms with Gasteiger partial charge in [0.15, 0.2) is 5.43 Å². The van der Waals surface area contributed by atoms with Crippen LogP contribution >= 0.6 is 0 Å². The van der Waals surface area contributed by atoms with Crippen LogP contribution in [-0.2, 0) is 9.59 Å². The lowest BCUT2D eigenvalue weighted by atomic mass is 9.73. The first kappa shape index (κ1) is 17.8. The molecule has 2 heterocycles. The summed E-state index contributed by atoms with van der Waals surface area (Å²) in [5, 5.41) is 10.1. The molecule has 0 spiro atoms. The van der Waals surface area contributed by atoms with E-state index in [0.717, 1.165) is 0 Å². The summed E-state index contributed by atoms with van der Waals surface area (Å²) in [6.07, 6.45) is 0. The third-order valence-corrected chi connectivity index (χ3v) is 4.74. The van der Waals surface area contributed by atoms with E-state index >= 15 is 0 Å². The highest BCUT2D eigenvalue weighted by Gasteiger charge is 2.40. The van der Waals surface area contributed by atoms with Crippen LogP contribution in [0.1, 0.15) is 38.0 Å². The van der Waals surface area contributed by atoms with E-state index in [1.165, 1.54) is 13.0 Å². The Hall–Kier alpha value is -3.02. The number of aliphatic imine (C=N–C) groups is 1. The molecule has 1 aromatic heterocycles. The molecule has 2 atom stereocenters. The van der Waals surface area contributed by atoms with Crippen molar-refractivity contribution in [3.05, 3.63) is 57.1 Å². The zero-order chi connectivity index (χ0) is 19.2. The summed E-state index contributed by atoms with van der Waals surface area (Å²) < 4.78 is 5.79. The van der Waals surface area contributed by atoms with Crippen LogP contribution in [0, 0.1) is 12.8 Å². The number of carboxylic acids is 1. The first-order chi connectivity index (χ1) is 12.2. The van der Waals surface area contributed by atoms with Crippen LogP contribution in [0.25, 0.3) is 11.0 Å². The van der Waals surface area contributed by atoms with Crippen LogP contribution in [-0.4, -0.2) is 22.6 Å². The fourth-order valence-corrected chi connectivity index (χ4v) is 3.74. The fraction of sp³-hybridized carbons (Fsp3) is 0.300. The van der Waals surface area contributed by atoms with Crippen molar-refractivity contribution < 1.29 is 19.1 Å². The maximum absolute atomic E-state index is 12.3. The Balaban J connectivity index is 2.40. The van der Waals surface area contributed by atoms with Gasteiger partial charge in [0.2, 0.25) is 0 Å². The molecule has 3 rings (SSSR count). The zero-order valence-electron chi connectivity index (χ0n) is 15.0. The molecule has 1 N–H and O–H groups in total. The van der Waals surface area contributed by atoms with Crippen molar-refractivity contribution in [2.24, 2.45) is 10.9 Å². The third-order valence-electron chi connectivity index (χ3n) is 4.74. The van der Waals surface area contributed by atoms with Crippen LogP contribution in [0.5, 0.6) is 0 Å². The van der Waals surface area contributed by atoms with Crippen molar-refractivity contribution in [2.75, 3.05) is 0 Å². The van der Waals surface area contributed by atoms with Crippen LogP contribution < -0.4 is 5.43 Å². The quantitative estimate of drug-likeness (QED) is 0.914. The number of aryl methyl sites for hydroxylation is 1. The van der Waals surface area contributed by atoms with Gasteiger partial charge in [-0.3, -0.25) is 14.6 Å². The molecule has 1 aliphatic heterocycles. The van der Waals surface area contributed by atoms with E-state index in [2.05, 4.69) is 4.99 Å². The van der Waals surface area contributed by atoms with E-state index in [-0.39, 0.29) is 16.8 Å². The molecule has 0 bridgehead atoms. The molecule has 6 nitrogen and oxygen atoms in total. The first-order valence-electron chi connectivity index (χ1n) is 8.25. The third kappa shape index (κ3) is 2.77. The van der Waals surface area contributed by atoms with E-state index < -0.39 is 17.8 Å². The van der Waals surface area contributed by atoms with Gasteiger partial charge in [-0.25, -0.2) is 4.79 Å². The van der Waals surface area contributed by atoms with Crippen LogP contribution in [0.2, 0.25) is 0 Å². The Morgan fingerprint density at radius 2 is 1.88 bits per heavy atom. The summed E-state index contributed by atoms with van der Waals surface area (Å²) in [6.45, 7) is 6.41. The van der Waals surface area contributed by atoms with E-state index in [4.69, 9.17) is 4.42 Å². The molecule has 0 aliphatic carbocycles. The molecule has 1 unspecified atom stereocenters. The maximum Gasteiger partial charge on any atom is 0.334 e. The normalized spacial score (nSPS) is 20.2. The summed E-state index contributed by atoms with van der Waals surface area (Å²) in [4.78, 5) is 40.9. The number of rotatable bonds is 3. The predicted molar refractivity (Wildman–Crippen MR) is 97.6 cm³/mol. The second-order valence-corrected chi connectivity index (χ2v) is 6.57. The van der Waals surface area contributed by atoms with Crippen LogP contribution in [0.15, 0.2) is 49.7 Å². The number of aliphatic carboxylic acids is 1. The van der Waals surface area contributed by atoms with E-state index in [1.54, 1.807) is 39.0 Å². The topological polar surface area (TPSA) is 96.9 Å². The summed E-state index contributed by atoms with van der Waals surface area (Å²) in [5.41, 5.74) is 1.57. The zero-order valence-corrected chi connectivity index (χ0v) is 15.0. The number of Topliss-reactive ketones (excluding diaryl/α,β-unsaturated/α-hetero) is 1. The molecule has 1 aromatic carbocycles. The van der Waals surface area contributed by atoms with Crippen molar-refractivity contribution in [1.82, 2.24) is 0 Å². The van der Waals surface area contributed by atoms with E-state index in [9.17, 15) is 19.5 Å². The van der Waals surface area contributed by atoms with E-state index in [0.29, 0.717) is 33.7 Å². The fourth-order valence-electron chi connectivity index (χ4n) is 3.74. The van der Waals surface area contributed by atoms with Gasteiger partial charge in [-0.2, -0.15) is 0 Å². The van der Waals surface area contributed by atoms with Gasteiger partial charge < -0.3 is 9.52 Å². The number of fused-ring (bicyclic) bond motifs is 1. The Bertz CT molecular complexity index is 1060. The number of nitrogens with zero attached hydrogens (tertiary/aromatic N) is 1. The predicted octanol–water partition coefficient (Wildman–Crippen LogP) is 3.22. The Morgan fingerprint density at radius 1 is 1.19 bits per heavy atom. The van der Waals surface area contributed by atoms with Crippen molar-refractivity contribution >= 4 is 28.4 Å². The van der Waals surface area contributed by atoms with Crippen molar-refractivity contribution in [1.29, 1.82) is 0 Å². The van der Waals surface area contributed by atoms with Crippen molar-refractivity contribution in [3.8, 4) is 0 Å². The molecule has 0 saturated heterocycles. The number of allylic oxidation sites excluding steroid dienone is 1. The minimum atomic E-state index is -1.14. The largest absolute Gasteiger partial charge is 0.478 e. The van der Waals surface area contributed by atoms with Gasteiger partial charge in [0.1, 0.15) is 17.1 Å². The number of hydrogen-bond acceptors (Lipinski definition) is 5. The maximum atomic E-state index is 12.3. The number of para-hydroxylation sites is 1. The van der Waals surface area contributed by atoms with Gasteiger partial charge in [-0.15, -0.1) is 0 Å². The van der Waals surface area contributed by atoms with Crippen molar-refractivity contribution in [3.63, 3.8) is 0 Å². The lowest BCUT2D eigenvalue weighted by molar-refractivity contribution is -0.133. The molecular formula is C20H19NO5. The second kappa shape index (κ2) is 6.37. The monoisotopic (exact) mass is 353 g/mol. The molecule has 0 radical (unpaired) electrons. The Kier molecular flexibility index (Phi) is 4.36. The van der Waals surface area contributed by atoms with E-state index in [1.807, 2.05) is 0 Å². The summed E-state index contributed by atoms with van der Waals surface area (Å²) >= 11 is 0. The number of benzene rings is 1. The number of carbonyl (C=O) groups excluding carboxylic acids is 1. The molecule has 134 valence electrons. The molecule has 26 heavy (non-hydrogen) atoms. The van der Waals surface area contributed by atoms with Gasteiger partial charge >= 0.3 is 5.97 Å². The highest BCUT2D eigenvalue weighted by molar-refractivity contribution is 6.08. The minimum absolute atomic E-state index is 0.0486. The highest BCUT2D eigenvalue weighted by Crippen LogP contribution is 2.41. The first-order valence-corrected chi connectivity index (χ1v) is 8.25. The lowest BCUT2D eigenvalue weighted by Gasteiger charge is -2.31. The van der Waals surface area contributed by atoms with Crippen LogP contribution in [0.4, 0.5) is 0 Å². The summed E-state index contributed by atoms with van der Waals surface area (Å²) in [6, 6.07) is 6.41. The summed E-state index contributed by atoms with van der Waals surface area (Å²) in [5.74, 6) is -2.39. The Labute approximate surface area is 149 Å². The molecule has 2 aromatic rings.